The van der Waals surface area contributed by atoms with Gasteiger partial charge in [-0.3, -0.25) is 9.59 Å². The van der Waals surface area contributed by atoms with Gasteiger partial charge in [0.25, 0.3) is 11.8 Å². The summed E-state index contributed by atoms with van der Waals surface area (Å²) in [6.45, 7) is 0. The molecule has 3 aromatic carbocycles. The van der Waals surface area contributed by atoms with Crippen LogP contribution < -0.4 is 15.4 Å². The molecule has 0 bridgehead atoms. The van der Waals surface area contributed by atoms with E-state index in [1.807, 2.05) is 0 Å². The van der Waals surface area contributed by atoms with Crippen molar-refractivity contribution in [3.63, 3.8) is 0 Å². The lowest BCUT2D eigenvalue weighted by atomic mass is 10.2. The highest BCUT2D eigenvalue weighted by molar-refractivity contribution is 6.30. The fourth-order valence-electron chi connectivity index (χ4n) is 3.15. The summed E-state index contributed by atoms with van der Waals surface area (Å²) in [6.07, 6.45) is 1.53. The van der Waals surface area contributed by atoms with Crippen LogP contribution in [-0.2, 0) is 0 Å². The van der Waals surface area contributed by atoms with Crippen LogP contribution in [0.2, 0.25) is 5.02 Å². The van der Waals surface area contributed by atoms with Crippen LogP contribution in [0.15, 0.2) is 72.9 Å². The fraction of sp³-hybridized carbons (Fsp3) is 0.0417. The summed E-state index contributed by atoms with van der Waals surface area (Å²) in [4.78, 5) is 25.2. The zero-order valence-corrected chi connectivity index (χ0v) is 18.4. The van der Waals surface area contributed by atoms with E-state index in [1.165, 1.54) is 66.5 Å². The van der Waals surface area contributed by atoms with E-state index in [4.69, 9.17) is 16.3 Å². The van der Waals surface area contributed by atoms with Crippen molar-refractivity contribution >= 4 is 34.8 Å². The number of carbonyl (C=O) groups excluding carboxylic acids is 2. The zero-order valence-electron chi connectivity index (χ0n) is 17.7. The second kappa shape index (κ2) is 9.72. The van der Waals surface area contributed by atoms with Gasteiger partial charge < -0.3 is 15.4 Å². The van der Waals surface area contributed by atoms with E-state index in [1.54, 1.807) is 12.1 Å². The van der Waals surface area contributed by atoms with E-state index < -0.39 is 23.4 Å². The van der Waals surface area contributed by atoms with Gasteiger partial charge >= 0.3 is 0 Å². The topological polar surface area (TPSA) is 85.2 Å². The number of hydrogen-bond acceptors (Lipinski definition) is 4. The van der Waals surface area contributed by atoms with Crippen LogP contribution >= 0.6 is 11.6 Å². The van der Waals surface area contributed by atoms with Crippen molar-refractivity contribution < 1.29 is 23.1 Å². The number of ether oxygens (including phenoxy) is 1. The van der Waals surface area contributed by atoms with Gasteiger partial charge in [-0.15, -0.1) is 0 Å². The summed E-state index contributed by atoms with van der Waals surface area (Å²) in [5.41, 5.74) is 0.892. The average molecular weight is 483 g/mol. The Balaban J connectivity index is 1.52. The lowest BCUT2D eigenvalue weighted by Crippen LogP contribution is -2.16. The largest absolute Gasteiger partial charge is 0.495 e. The summed E-state index contributed by atoms with van der Waals surface area (Å²) in [5.74, 6) is -2.14. The molecule has 0 atom stereocenters. The van der Waals surface area contributed by atoms with Crippen molar-refractivity contribution in [3.05, 3.63) is 101 Å². The minimum Gasteiger partial charge on any atom is -0.495 e. The van der Waals surface area contributed by atoms with E-state index in [0.29, 0.717) is 17.1 Å². The van der Waals surface area contributed by atoms with Gasteiger partial charge in [0.2, 0.25) is 0 Å². The zero-order chi connectivity index (χ0) is 24.2. The quantitative estimate of drug-likeness (QED) is 0.389. The molecular weight excluding hydrogens is 466 g/mol. The number of halogens is 3. The molecule has 1 heterocycles. The number of rotatable bonds is 6. The molecule has 4 rings (SSSR count). The molecule has 0 aliphatic rings. The van der Waals surface area contributed by atoms with Gasteiger partial charge in [-0.25, -0.2) is 13.5 Å². The highest BCUT2D eigenvalue weighted by Gasteiger charge is 2.16. The van der Waals surface area contributed by atoms with E-state index in [0.717, 1.165) is 6.07 Å². The number of amides is 2. The van der Waals surface area contributed by atoms with E-state index in [9.17, 15) is 18.4 Å². The lowest BCUT2D eigenvalue weighted by molar-refractivity contribution is 0.101. The van der Waals surface area contributed by atoms with Crippen molar-refractivity contribution in [1.29, 1.82) is 0 Å². The maximum Gasteiger partial charge on any atom is 0.276 e. The van der Waals surface area contributed by atoms with Gasteiger partial charge in [0, 0.05) is 16.9 Å². The highest BCUT2D eigenvalue weighted by Crippen LogP contribution is 2.29. The molecule has 7 nitrogen and oxygen atoms in total. The Labute approximate surface area is 197 Å². The maximum absolute atomic E-state index is 14.1. The molecule has 2 amide bonds. The minimum atomic E-state index is -0.776. The molecule has 1 aromatic heterocycles. The molecule has 0 unspecified atom stereocenters. The Morgan fingerprint density at radius 2 is 1.79 bits per heavy atom. The fourth-order valence-corrected chi connectivity index (χ4v) is 3.31. The molecule has 4 aromatic rings. The number of methoxy groups -OCH3 is 1. The summed E-state index contributed by atoms with van der Waals surface area (Å²) in [6, 6.07) is 15.5. The second-order valence-corrected chi connectivity index (χ2v) is 7.51. The number of carbonyl (C=O) groups is 2. The molecular formula is C24H17ClF2N4O3. The first-order valence-corrected chi connectivity index (χ1v) is 10.3. The minimum absolute atomic E-state index is 0.0916. The third-order valence-electron chi connectivity index (χ3n) is 4.78. The van der Waals surface area contributed by atoms with Gasteiger partial charge in [-0.2, -0.15) is 5.10 Å². The standard InChI is InChI=1S/C24H17ClF2N4O3/c1-34-22-8-6-16(13-21(22)29-23(32)18-7-5-14(25)11-19(18)27)28-24(33)20-9-10-31(30-20)17-4-2-3-15(26)12-17/h2-13H,1H3,(H,28,33)(H,29,32). The second-order valence-electron chi connectivity index (χ2n) is 7.07. The molecule has 0 spiro atoms. The number of nitrogens with one attached hydrogen (secondary N) is 2. The van der Waals surface area contributed by atoms with Crippen LogP contribution in [0, 0.1) is 11.6 Å². The maximum atomic E-state index is 14.1. The Morgan fingerprint density at radius 3 is 2.53 bits per heavy atom. The van der Waals surface area contributed by atoms with Gasteiger partial charge in [0.15, 0.2) is 5.69 Å². The van der Waals surface area contributed by atoms with Crippen LogP contribution in [0.4, 0.5) is 20.2 Å². The number of hydrogen-bond donors (Lipinski definition) is 2. The van der Waals surface area contributed by atoms with Gasteiger partial charge in [-0.05, 0) is 60.7 Å². The van der Waals surface area contributed by atoms with E-state index in [2.05, 4.69) is 15.7 Å². The van der Waals surface area contributed by atoms with Gasteiger partial charge in [0.05, 0.1) is 24.0 Å². The highest BCUT2D eigenvalue weighted by atomic mass is 35.5. The van der Waals surface area contributed by atoms with Crippen molar-refractivity contribution in [2.24, 2.45) is 0 Å². The Kier molecular flexibility index (Phi) is 6.55. The summed E-state index contributed by atoms with van der Waals surface area (Å²) in [5, 5.41) is 9.57. The SMILES string of the molecule is COc1ccc(NC(=O)c2ccn(-c3cccc(F)c3)n2)cc1NC(=O)c1ccc(Cl)cc1F. The van der Waals surface area contributed by atoms with Crippen molar-refractivity contribution in [1.82, 2.24) is 9.78 Å². The first-order valence-electron chi connectivity index (χ1n) is 9.91. The molecule has 0 aliphatic heterocycles. The van der Waals surface area contributed by atoms with Crippen LogP contribution in [0.3, 0.4) is 0 Å². The third kappa shape index (κ3) is 5.05. The van der Waals surface area contributed by atoms with E-state index in [-0.39, 0.29) is 22.0 Å². The van der Waals surface area contributed by atoms with Crippen LogP contribution in [0.25, 0.3) is 5.69 Å². The average Bonchev–Trinajstić information content (AvgIpc) is 3.30. The monoisotopic (exact) mass is 482 g/mol. The Bertz CT molecular complexity index is 1390. The molecule has 34 heavy (non-hydrogen) atoms. The molecule has 0 saturated heterocycles. The molecule has 10 heteroatoms. The molecule has 0 fully saturated rings. The molecule has 0 saturated carbocycles. The normalized spacial score (nSPS) is 10.6. The van der Waals surface area contributed by atoms with Crippen LogP contribution in [-0.4, -0.2) is 28.7 Å². The van der Waals surface area contributed by atoms with Crippen molar-refractivity contribution in [3.8, 4) is 11.4 Å². The molecule has 2 N–H and O–H groups in total. The lowest BCUT2D eigenvalue weighted by Gasteiger charge is -2.13. The van der Waals surface area contributed by atoms with Crippen molar-refractivity contribution in [2.45, 2.75) is 0 Å². The molecule has 172 valence electrons. The van der Waals surface area contributed by atoms with Gasteiger partial charge in [0.1, 0.15) is 17.4 Å². The van der Waals surface area contributed by atoms with Crippen LogP contribution in [0.1, 0.15) is 20.8 Å². The summed E-state index contributed by atoms with van der Waals surface area (Å²) >= 11 is 5.74. The van der Waals surface area contributed by atoms with E-state index >= 15 is 0 Å². The first-order chi connectivity index (χ1) is 16.3. The first kappa shape index (κ1) is 22.9. The van der Waals surface area contributed by atoms with Crippen LogP contribution in [0.5, 0.6) is 5.75 Å². The predicted molar refractivity (Wildman–Crippen MR) is 124 cm³/mol. The smallest absolute Gasteiger partial charge is 0.276 e. The van der Waals surface area contributed by atoms with Gasteiger partial charge in [-0.1, -0.05) is 17.7 Å². The number of anilines is 2. The Morgan fingerprint density at radius 1 is 0.971 bits per heavy atom. The Hall–Kier alpha value is -4.24. The number of nitrogens with zero attached hydrogens (tertiary/aromatic N) is 2. The van der Waals surface area contributed by atoms with Crippen molar-refractivity contribution in [2.75, 3.05) is 17.7 Å². The predicted octanol–water partition coefficient (Wildman–Crippen LogP) is 5.32. The summed E-state index contributed by atoms with van der Waals surface area (Å²) in [7, 11) is 1.41. The third-order valence-corrected chi connectivity index (χ3v) is 5.01. The number of aromatic nitrogens is 2. The molecule has 0 aliphatic carbocycles. The summed E-state index contributed by atoms with van der Waals surface area (Å²) < 4.78 is 34.2. The number of benzene rings is 3. The molecule has 0 radical (unpaired) electrons.